The fourth-order valence-electron chi connectivity index (χ4n) is 2.79. The average Bonchev–Trinajstić information content (AvgIpc) is 2.59. The molecular weight excluding hydrogens is 334 g/mol. The number of thioether (sulfide) groups is 1. The Morgan fingerprint density at radius 1 is 1.39 bits per heavy atom. The van der Waals surface area contributed by atoms with Crippen molar-refractivity contribution in [3.63, 3.8) is 0 Å². The SMILES string of the molecule is CSC1/C=C(/Cl)[NH+]([O-])C(Cc2ccccc2)C2=C(NCNC2)O1. The fourth-order valence-corrected chi connectivity index (χ4v) is 3.58. The van der Waals surface area contributed by atoms with Crippen LogP contribution in [0.25, 0.3) is 0 Å². The maximum Gasteiger partial charge on any atom is 0.200 e. The predicted molar refractivity (Wildman–Crippen MR) is 93.6 cm³/mol. The molecule has 0 aliphatic carbocycles. The van der Waals surface area contributed by atoms with E-state index in [1.54, 1.807) is 6.08 Å². The number of nitrogens with one attached hydrogen (secondary N) is 3. The molecule has 0 saturated carbocycles. The van der Waals surface area contributed by atoms with Gasteiger partial charge in [0, 0.05) is 19.0 Å². The molecule has 1 aromatic rings. The van der Waals surface area contributed by atoms with E-state index in [1.165, 1.54) is 11.8 Å². The van der Waals surface area contributed by atoms with Gasteiger partial charge in [-0.3, -0.25) is 5.32 Å². The van der Waals surface area contributed by atoms with Crippen molar-refractivity contribution in [3.8, 4) is 0 Å². The third-order valence-corrected chi connectivity index (χ3v) is 4.99. The molecule has 0 saturated heterocycles. The molecule has 2 aliphatic rings. The minimum absolute atomic E-state index is 0.0455. The number of hydroxylamine groups is 2. The topological polar surface area (TPSA) is 60.8 Å². The summed E-state index contributed by atoms with van der Waals surface area (Å²) in [5.74, 6) is 0.706. The van der Waals surface area contributed by atoms with E-state index in [2.05, 4.69) is 10.6 Å². The highest BCUT2D eigenvalue weighted by atomic mass is 35.5. The zero-order valence-corrected chi connectivity index (χ0v) is 14.4. The van der Waals surface area contributed by atoms with Crippen LogP contribution >= 0.6 is 23.4 Å². The molecule has 23 heavy (non-hydrogen) atoms. The highest BCUT2D eigenvalue weighted by molar-refractivity contribution is 7.99. The molecule has 0 amide bonds. The van der Waals surface area contributed by atoms with E-state index in [1.807, 2.05) is 36.6 Å². The van der Waals surface area contributed by atoms with E-state index >= 15 is 0 Å². The number of quaternary nitrogens is 1. The van der Waals surface area contributed by atoms with Crippen LogP contribution in [0.1, 0.15) is 5.56 Å². The first-order valence-electron chi connectivity index (χ1n) is 7.51. The maximum atomic E-state index is 12.9. The van der Waals surface area contributed by atoms with Crippen LogP contribution in [0, 0.1) is 5.21 Å². The first kappa shape index (κ1) is 16.7. The lowest BCUT2D eigenvalue weighted by molar-refractivity contribution is -0.822. The van der Waals surface area contributed by atoms with Crippen LogP contribution in [0.4, 0.5) is 0 Å². The van der Waals surface area contributed by atoms with E-state index in [4.69, 9.17) is 16.3 Å². The van der Waals surface area contributed by atoms with Crippen LogP contribution < -0.4 is 15.7 Å². The summed E-state index contributed by atoms with van der Waals surface area (Å²) >= 11 is 7.77. The lowest BCUT2D eigenvalue weighted by atomic mass is 9.97. The van der Waals surface area contributed by atoms with Crippen LogP contribution in [0.15, 0.2) is 53.0 Å². The minimum atomic E-state index is -0.320. The van der Waals surface area contributed by atoms with Gasteiger partial charge in [0.2, 0.25) is 5.16 Å². The molecule has 3 unspecified atom stereocenters. The van der Waals surface area contributed by atoms with Crippen LogP contribution in [0.5, 0.6) is 0 Å². The molecule has 0 bridgehead atoms. The van der Waals surface area contributed by atoms with Gasteiger partial charge in [0.1, 0.15) is 6.04 Å². The molecule has 2 heterocycles. The molecule has 0 radical (unpaired) electrons. The van der Waals surface area contributed by atoms with E-state index in [0.717, 1.165) is 11.1 Å². The number of hydrogen-bond acceptors (Lipinski definition) is 5. The molecule has 3 N–H and O–H groups in total. The van der Waals surface area contributed by atoms with E-state index < -0.39 is 0 Å². The maximum absolute atomic E-state index is 12.9. The molecular formula is C16H20ClN3O2S. The van der Waals surface area contributed by atoms with Crippen LogP contribution in [0.3, 0.4) is 0 Å². The van der Waals surface area contributed by atoms with Gasteiger partial charge in [0.15, 0.2) is 11.3 Å². The smallest absolute Gasteiger partial charge is 0.200 e. The highest BCUT2D eigenvalue weighted by Crippen LogP contribution is 2.23. The summed E-state index contributed by atoms with van der Waals surface area (Å²) in [5, 5.41) is 19.5. The number of halogens is 1. The Bertz CT molecular complexity index is 609. The van der Waals surface area contributed by atoms with Gasteiger partial charge in [-0.25, -0.2) is 0 Å². The molecule has 0 aromatic heterocycles. The van der Waals surface area contributed by atoms with Gasteiger partial charge in [-0.15, -0.1) is 11.8 Å². The van der Waals surface area contributed by atoms with Gasteiger partial charge < -0.3 is 20.3 Å². The Morgan fingerprint density at radius 3 is 2.91 bits per heavy atom. The first-order chi connectivity index (χ1) is 11.2. The van der Waals surface area contributed by atoms with Gasteiger partial charge in [-0.2, -0.15) is 0 Å². The minimum Gasteiger partial charge on any atom is -0.628 e. The number of rotatable bonds is 3. The van der Waals surface area contributed by atoms with Gasteiger partial charge in [0.05, 0.1) is 12.2 Å². The highest BCUT2D eigenvalue weighted by Gasteiger charge is 2.32. The van der Waals surface area contributed by atoms with Crippen molar-refractivity contribution in [2.24, 2.45) is 0 Å². The number of ether oxygens (including phenoxy) is 1. The second kappa shape index (κ2) is 7.59. The lowest BCUT2D eigenvalue weighted by Gasteiger charge is -2.37. The van der Waals surface area contributed by atoms with Crippen LogP contribution in [-0.2, 0) is 11.2 Å². The summed E-state index contributed by atoms with van der Waals surface area (Å²) in [7, 11) is 0. The Labute approximate surface area is 145 Å². The molecule has 5 nitrogen and oxygen atoms in total. The monoisotopic (exact) mass is 353 g/mol. The van der Waals surface area contributed by atoms with Crippen molar-refractivity contribution in [1.29, 1.82) is 0 Å². The lowest BCUT2D eigenvalue weighted by Crippen LogP contribution is -3.09. The van der Waals surface area contributed by atoms with Crippen molar-refractivity contribution in [3.05, 3.63) is 63.8 Å². The molecule has 2 aliphatic heterocycles. The summed E-state index contributed by atoms with van der Waals surface area (Å²) in [4.78, 5) is 0. The van der Waals surface area contributed by atoms with Gasteiger partial charge in [-0.1, -0.05) is 30.3 Å². The Hall–Kier alpha value is -1.18. The summed E-state index contributed by atoms with van der Waals surface area (Å²) in [6, 6.07) is 9.66. The molecule has 3 atom stereocenters. The van der Waals surface area contributed by atoms with Crippen molar-refractivity contribution in [1.82, 2.24) is 10.6 Å². The van der Waals surface area contributed by atoms with Gasteiger partial charge in [0.25, 0.3) is 0 Å². The third kappa shape index (κ3) is 3.84. The quantitative estimate of drug-likeness (QED) is 0.562. The molecule has 124 valence electrons. The first-order valence-corrected chi connectivity index (χ1v) is 9.18. The molecule has 0 fully saturated rings. The fraction of sp³-hybridized carbons (Fsp3) is 0.375. The van der Waals surface area contributed by atoms with Gasteiger partial charge >= 0.3 is 0 Å². The number of hydrogen-bond donors (Lipinski definition) is 3. The van der Waals surface area contributed by atoms with Crippen molar-refractivity contribution >= 4 is 23.4 Å². The molecule has 7 heteroatoms. The van der Waals surface area contributed by atoms with Crippen LogP contribution in [-0.4, -0.2) is 30.9 Å². The summed E-state index contributed by atoms with van der Waals surface area (Å²) in [5.41, 5.74) is 1.78. The Kier molecular flexibility index (Phi) is 5.50. The molecule has 1 aromatic carbocycles. The Balaban J connectivity index is 1.96. The zero-order chi connectivity index (χ0) is 16.2. The normalized spacial score (nSPS) is 30.2. The summed E-state index contributed by atoms with van der Waals surface area (Å²) in [6.07, 6.45) is 4.24. The summed E-state index contributed by atoms with van der Waals surface area (Å²) < 4.78 is 6.01. The van der Waals surface area contributed by atoms with Gasteiger partial charge in [-0.05, 0) is 23.4 Å². The largest absolute Gasteiger partial charge is 0.628 e. The van der Waals surface area contributed by atoms with Crippen molar-refractivity contribution in [2.75, 3.05) is 19.5 Å². The van der Waals surface area contributed by atoms with Crippen molar-refractivity contribution in [2.45, 2.75) is 17.9 Å². The van der Waals surface area contributed by atoms with E-state index in [-0.39, 0.29) is 21.7 Å². The zero-order valence-electron chi connectivity index (χ0n) is 12.8. The second-order valence-electron chi connectivity index (χ2n) is 5.48. The van der Waals surface area contributed by atoms with E-state index in [9.17, 15) is 5.21 Å². The van der Waals surface area contributed by atoms with Crippen LogP contribution in [0.2, 0.25) is 0 Å². The Morgan fingerprint density at radius 2 is 2.17 bits per heavy atom. The molecule has 0 spiro atoms. The number of benzene rings is 1. The van der Waals surface area contributed by atoms with E-state index in [0.29, 0.717) is 25.5 Å². The third-order valence-electron chi connectivity index (χ3n) is 3.98. The standard InChI is InChI=1S/C16H20ClN3O2S/c1-23-15-8-14(17)20(21)13(7-11-5-3-2-4-6-11)12-9-18-10-19-16(12)22-15/h2-6,8,13,15,18-20H,7,9-10H2,1H3/b14-8-. The van der Waals surface area contributed by atoms with Crippen molar-refractivity contribution < 1.29 is 9.80 Å². The predicted octanol–water partition coefficient (Wildman–Crippen LogP) is 1.14. The second-order valence-corrected chi connectivity index (χ2v) is 6.82. The average molecular weight is 354 g/mol. The summed E-state index contributed by atoms with van der Waals surface area (Å²) in [6.45, 7) is 1.25. The molecule has 3 rings (SSSR count).